The maximum absolute atomic E-state index is 12.0. The van der Waals surface area contributed by atoms with Gasteiger partial charge in [0.15, 0.2) is 0 Å². The number of hydrogen-bond acceptors (Lipinski definition) is 4. The number of carbonyl (C=O) groups excluding carboxylic acids is 1. The molecule has 1 saturated heterocycles. The Kier molecular flexibility index (Phi) is 5.77. The molecule has 2 aromatic rings. The lowest BCUT2D eigenvalue weighted by Gasteiger charge is -2.32. The van der Waals surface area contributed by atoms with E-state index >= 15 is 0 Å². The summed E-state index contributed by atoms with van der Waals surface area (Å²) in [6.45, 7) is 4.04. The summed E-state index contributed by atoms with van der Waals surface area (Å²) in [5.74, 6) is 0.646. The lowest BCUT2D eigenvalue weighted by molar-refractivity contribution is -0.120. The molecular formula is C18H23N3OS. The Morgan fingerprint density at radius 2 is 2.35 bits per heavy atom. The van der Waals surface area contributed by atoms with Crippen molar-refractivity contribution < 1.29 is 4.79 Å². The van der Waals surface area contributed by atoms with Gasteiger partial charge in [0.25, 0.3) is 0 Å². The fourth-order valence-electron chi connectivity index (χ4n) is 3.11. The first kappa shape index (κ1) is 16.1. The summed E-state index contributed by atoms with van der Waals surface area (Å²) in [5.41, 5.74) is 2.36. The average Bonchev–Trinajstić information content (AvgIpc) is 3.07. The number of amides is 1. The molecule has 1 unspecified atom stereocenters. The van der Waals surface area contributed by atoms with Crippen LogP contribution in [0.1, 0.15) is 24.0 Å². The van der Waals surface area contributed by atoms with Gasteiger partial charge in [-0.05, 0) is 59.3 Å². The second kappa shape index (κ2) is 8.22. The van der Waals surface area contributed by atoms with Crippen LogP contribution in [0.25, 0.3) is 0 Å². The Morgan fingerprint density at radius 3 is 3.13 bits per heavy atom. The first-order chi connectivity index (χ1) is 11.3. The molecule has 1 N–H and O–H groups in total. The molecule has 1 aliphatic rings. The molecular weight excluding hydrogens is 306 g/mol. The van der Waals surface area contributed by atoms with Crippen LogP contribution in [-0.2, 0) is 17.8 Å². The highest BCUT2D eigenvalue weighted by Gasteiger charge is 2.20. The van der Waals surface area contributed by atoms with Gasteiger partial charge in [-0.25, -0.2) is 0 Å². The van der Waals surface area contributed by atoms with Crippen molar-refractivity contribution in [2.24, 2.45) is 5.92 Å². The minimum atomic E-state index is 0.0907. The Labute approximate surface area is 141 Å². The second-order valence-corrected chi connectivity index (χ2v) is 7.00. The highest BCUT2D eigenvalue weighted by molar-refractivity contribution is 7.07. The maximum atomic E-state index is 12.0. The zero-order chi connectivity index (χ0) is 15.9. The van der Waals surface area contributed by atoms with E-state index < -0.39 is 0 Å². The van der Waals surface area contributed by atoms with Gasteiger partial charge in [0.1, 0.15) is 0 Å². The highest BCUT2D eigenvalue weighted by Crippen LogP contribution is 2.19. The quantitative estimate of drug-likeness (QED) is 0.886. The summed E-state index contributed by atoms with van der Waals surface area (Å²) < 4.78 is 0. The number of hydrogen-bond donors (Lipinski definition) is 1. The van der Waals surface area contributed by atoms with Crippen LogP contribution in [0.15, 0.2) is 41.4 Å². The molecule has 2 aromatic heterocycles. The molecule has 1 fully saturated rings. The zero-order valence-corrected chi connectivity index (χ0v) is 14.1. The molecule has 122 valence electrons. The Morgan fingerprint density at radius 1 is 1.39 bits per heavy atom. The summed E-state index contributed by atoms with van der Waals surface area (Å²) in [6.07, 6.45) is 6.31. The third kappa shape index (κ3) is 5.15. The number of likely N-dealkylation sites (tertiary alicyclic amines) is 1. The van der Waals surface area contributed by atoms with Gasteiger partial charge >= 0.3 is 0 Å². The molecule has 0 saturated carbocycles. The Hall–Kier alpha value is -1.72. The van der Waals surface area contributed by atoms with Gasteiger partial charge < -0.3 is 5.32 Å². The molecule has 4 nitrogen and oxygen atoms in total. The molecule has 1 atom stereocenters. The Bertz CT molecular complexity index is 600. The minimum absolute atomic E-state index is 0.0907. The van der Waals surface area contributed by atoms with Gasteiger partial charge in [0, 0.05) is 32.0 Å². The van der Waals surface area contributed by atoms with Crippen molar-refractivity contribution >= 4 is 17.2 Å². The molecule has 0 aliphatic carbocycles. The third-order valence-electron chi connectivity index (χ3n) is 4.26. The summed E-state index contributed by atoms with van der Waals surface area (Å²) >= 11 is 1.76. The predicted molar refractivity (Wildman–Crippen MR) is 93.3 cm³/mol. The van der Waals surface area contributed by atoms with Crippen LogP contribution in [0.3, 0.4) is 0 Å². The maximum Gasteiger partial charge on any atom is 0.224 e. The fourth-order valence-corrected chi connectivity index (χ4v) is 3.77. The number of carbonyl (C=O) groups is 1. The van der Waals surface area contributed by atoms with Gasteiger partial charge in [0.05, 0.1) is 6.42 Å². The van der Waals surface area contributed by atoms with Gasteiger partial charge in [-0.2, -0.15) is 11.3 Å². The lowest BCUT2D eigenvalue weighted by atomic mass is 9.97. The lowest BCUT2D eigenvalue weighted by Crippen LogP contribution is -2.40. The molecule has 0 radical (unpaired) electrons. The summed E-state index contributed by atoms with van der Waals surface area (Å²) in [6, 6.07) is 6.01. The fraction of sp³-hybridized carbons (Fsp3) is 0.444. The molecule has 0 spiro atoms. The van der Waals surface area contributed by atoms with E-state index in [0.29, 0.717) is 12.3 Å². The van der Waals surface area contributed by atoms with Crippen molar-refractivity contribution in [1.29, 1.82) is 0 Å². The normalized spacial score (nSPS) is 18.7. The summed E-state index contributed by atoms with van der Waals surface area (Å²) in [7, 11) is 0. The van der Waals surface area contributed by atoms with Crippen LogP contribution < -0.4 is 5.32 Å². The van der Waals surface area contributed by atoms with Gasteiger partial charge in [-0.15, -0.1) is 0 Å². The molecule has 3 rings (SSSR count). The topological polar surface area (TPSA) is 45.2 Å². The van der Waals surface area contributed by atoms with E-state index in [1.807, 2.05) is 12.1 Å². The van der Waals surface area contributed by atoms with Crippen LogP contribution in [-0.4, -0.2) is 35.4 Å². The van der Waals surface area contributed by atoms with Gasteiger partial charge in [-0.1, -0.05) is 6.07 Å². The van der Waals surface area contributed by atoms with Crippen LogP contribution in [0.4, 0.5) is 0 Å². The van der Waals surface area contributed by atoms with E-state index in [2.05, 4.69) is 32.0 Å². The van der Waals surface area contributed by atoms with E-state index in [1.165, 1.54) is 18.4 Å². The van der Waals surface area contributed by atoms with Crippen molar-refractivity contribution in [3.63, 3.8) is 0 Å². The number of nitrogens with one attached hydrogen (secondary N) is 1. The SMILES string of the molecule is O=C(Cc1cccnc1)NCC1CCCN(Cc2ccsc2)C1. The van der Waals surface area contributed by atoms with Gasteiger partial charge in [-0.3, -0.25) is 14.7 Å². The van der Waals surface area contributed by atoms with Crippen LogP contribution in [0, 0.1) is 5.92 Å². The summed E-state index contributed by atoms with van der Waals surface area (Å²) in [5, 5.41) is 7.44. The van der Waals surface area contributed by atoms with E-state index in [0.717, 1.165) is 31.7 Å². The largest absolute Gasteiger partial charge is 0.355 e. The number of pyridine rings is 1. The molecule has 23 heavy (non-hydrogen) atoms. The van der Waals surface area contributed by atoms with Crippen molar-refractivity contribution in [2.75, 3.05) is 19.6 Å². The number of aromatic nitrogens is 1. The second-order valence-electron chi connectivity index (χ2n) is 6.22. The Balaban J connectivity index is 1.42. The van der Waals surface area contributed by atoms with Crippen LogP contribution in [0.5, 0.6) is 0 Å². The zero-order valence-electron chi connectivity index (χ0n) is 13.3. The van der Waals surface area contributed by atoms with Crippen molar-refractivity contribution in [2.45, 2.75) is 25.8 Å². The molecule has 1 aliphatic heterocycles. The smallest absolute Gasteiger partial charge is 0.224 e. The minimum Gasteiger partial charge on any atom is -0.355 e. The van der Waals surface area contributed by atoms with E-state index in [9.17, 15) is 4.79 Å². The number of piperidine rings is 1. The summed E-state index contributed by atoms with van der Waals surface area (Å²) in [4.78, 5) is 18.6. The van der Waals surface area contributed by atoms with Crippen LogP contribution >= 0.6 is 11.3 Å². The molecule has 5 heteroatoms. The van der Waals surface area contributed by atoms with E-state index in [4.69, 9.17) is 0 Å². The number of rotatable bonds is 6. The molecule has 0 aromatic carbocycles. The first-order valence-corrected chi connectivity index (χ1v) is 9.13. The molecule has 3 heterocycles. The monoisotopic (exact) mass is 329 g/mol. The predicted octanol–water partition coefficient (Wildman–Crippen LogP) is 2.71. The molecule has 1 amide bonds. The van der Waals surface area contributed by atoms with Crippen molar-refractivity contribution in [3.05, 3.63) is 52.5 Å². The average molecular weight is 329 g/mol. The first-order valence-electron chi connectivity index (χ1n) is 8.18. The van der Waals surface area contributed by atoms with E-state index in [1.54, 1.807) is 23.7 Å². The van der Waals surface area contributed by atoms with Crippen LogP contribution in [0.2, 0.25) is 0 Å². The molecule has 0 bridgehead atoms. The number of thiophene rings is 1. The standard InChI is InChI=1S/C18H23N3OS/c22-18(9-15-3-1-6-19-10-15)20-11-16-4-2-7-21(12-16)13-17-5-8-23-14-17/h1,3,5-6,8,10,14,16H,2,4,7,9,11-13H2,(H,20,22). The highest BCUT2D eigenvalue weighted by atomic mass is 32.1. The van der Waals surface area contributed by atoms with Crippen molar-refractivity contribution in [3.8, 4) is 0 Å². The van der Waals surface area contributed by atoms with E-state index in [-0.39, 0.29) is 5.91 Å². The van der Waals surface area contributed by atoms with Crippen molar-refractivity contribution in [1.82, 2.24) is 15.2 Å². The number of nitrogens with zero attached hydrogens (tertiary/aromatic N) is 2. The third-order valence-corrected chi connectivity index (χ3v) is 5.00. The van der Waals surface area contributed by atoms with Gasteiger partial charge in [0.2, 0.25) is 5.91 Å².